The van der Waals surface area contributed by atoms with Crippen LogP contribution in [0.1, 0.15) is 31.2 Å². The number of rotatable bonds is 3. The summed E-state index contributed by atoms with van der Waals surface area (Å²) in [5.74, 6) is 0.500. The van der Waals surface area contributed by atoms with E-state index in [-0.39, 0.29) is 17.2 Å². The average Bonchev–Trinajstić information content (AvgIpc) is 3.13. The number of nitrogens with one attached hydrogen (secondary N) is 1. The predicted molar refractivity (Wildman–Crippen MR) is 78.1 cm³/mol. The molecule has 2 heterocycles. The SMILES string of the molecule is CNC(=O)[C@H]1CCC[C@]12CCN(Cc1ccsc1)C2. The molecule has 4 heteroatoms. The summed E-state index contributed by atoms with van der Waals surface area (Å²) in [6, 6.07) is 2.21. The molecule has 104 valence electrons. The van der Waals surface area contributed by atoms with Crippen molar-refractivity contribution in [3.8, 4) is 0 Å². The third kappa shape index (κ3) is 2.43. The van der Waals surface area contributed by atoms with E-state index in [9.17, 15) is 4.79 Å². The first kappa shape index (κ1) is 13.1. The zero-order chi connectivity index (χ0) is 13.3. The number of hydrogen-bond acceptors (Lipinski definition) is 3. The Morgan fingerprint density at radius 1 is 1.58 bits per heavy atom. The molecule has 1 spiro atoms. The molecule has 1 N–H and O–H groups in total. The van der Waals surface area contributed by atoms with Crippen molar-refractivity contribution < 1.29 is 4.79 Å². The van der Waals surface area contributed by atoms with Gasteiger partial charge in [-0.05, 0) is 53.6 Å². The van der Waals surface area contributed by atoms with E-state index in [1.165, 1.54) is 24.8 Å². The summed E-state index contributed by atoms with van der Waals surface area (Å²) < 4.78 is 0. The first-order chi connectivity index (χ1) is 9.23. The van der Waals surface area contributed by atoms with E-state index in [1.54, 1.807) is 18.4 Å². The molecule has 2 atom stereocenters. The Morgan fingerprint density at radius 3 is 3.21 bits per heavy atom. The highest BCUT2D eigenvalue weighted by Crippen LogP contribution is 2.50. The molecule has 1 aliphatic heterocycles. The van der Waals surface area contributed by atoms with E-state index in [0.717, 1.165) is 26.1 Å². The Balaban J connectivity index is 1.68. The maximum absolute atomic E-state index is 12.1. The summed E-state index contributed by atoms with van der Waals surface area (Å²) in [6.07, 6.45) is 4.71. The van der Waals surface area contributed by atoms with E-state index in [4.69, 9.17) is 0 Å². The second-order valence-corrected chi connectivity index (χ2v) is 6.79. The van der Waals surface area contributed by atoms with Crippen LogP contribution in [0.3, 0.4) is 0 Å². The van der Waals surface area contributed by atoms with Gasteiger partial charge in [0.05, 0.1) is 0 Å². The third-order valence-electron chi connectivity index (χ3n) is 4.92. The van der Waals surface area contributed by atoms with E-state index < -0.39 is 0 Å². The maximum atomic E-state index is 12.1. The number of carbonyl (C=O) groups is 1. The van der Waals surface area contributed by atoms with Crippen molar-refractivity contribution in [2.45, 2.75) is 32.2 Å². The van der Waals surface area contributed by atoms with E-state index in [2.05, 4.69) is 27.0 Å². The second kappa shape index (κ2) is 5.25. The first-order valence-corrected chi connectivity index (χ1v) is 8.13. The van der Waals surface area contributed by atoms with Gasteiger partial charge < -0.3 is 5.32 Å². The number of nitrogens with zero attached hydrogens (tertiary/aromatic N) is 1. The van der Waals surface area contributed by atoms with Crippen molar-refractivity contribution in [3.05, 3.63) is 22.4 Å². The van der Waals surface area contributed by atoms with Crippen LogP contribution in [0.4, 0.5) is 0 Å². The molecule has 1 saturated carbocycles. The van der Waals surface area contributed by atoms with Gasteiger partial charge in [0.25, 0.3) is 0 Å². The molecule has 0 radical (unpaired) electrons. The first-order valence-electron chi connectivity index (χ1n) is 7.18. The van der Waals surface area contributed by atoms with Crippen LogP contribution in [0.5, 0.6) is 0 Å². The Labute approximate surface area is 119 Å². The Bertz CT molecular complexity index is 445. The van der Waals surface area contributed by atoms with Gasteiger partial charge in [0.2, 0.25) is 5.91 Å². The van der Waals surface area contributed by atoms with E-state index in [1.807, 2.05) is 0 Å². The van der Waals surface area contributed by atoms with Gasteiger partial charge in [-0.1, -0.05) is 6.42 Å². The van der Waals surface area contributed by atoms with Crippen molar-refractivity contribution in [2.24, 2.45) is 11.3 Å². The largest absolute Gasteiger partial charge is 0.359 e. The lowest BCUT2D eigenvalue weighted by atomic mass is 9.76. The molecular weight excluding hydrogens is 256 g/mol. The fourth-order valence-corrected chi connectivity index (χ4v) is 4.63. The van der Waals surface area contributed by atoms with E-state index >= 15 is 0 Å². The molecule has 1 amide bonds. The van der Waals surface area contributed by atoms with Crippen LogP contribution in [0.2, 0.25) is 0 Å². The minimum Gasteiger partial charge on any atom is -0.359 e. The number of carbonyl (C=O) groups excluding carboxylic acids is 1. The Morgan fingerprint density at radius 2 is 2.47 bits per heavy atom. The van der Waals surface area contributed by atoms with Crippen molar-refractivity contribution in [2.75, 3.05) is 20.1 Å². The van der Waals surface area contributed by atoms with Crippen molar-refractivity contribution in [1.82, 2.24) is 10.2 Å². The van der Waals surface area contributed by atoms with Gasteiger partial charge in [0.15, 0.2) is 0 Å². The normalized spacial score (nSPS) is 31.1. The summed E-state index contributed by atoms with van der Waals surface area (Å²) in [5, 5.41) is 7.24. The highest BCUT2D eigenvalue weighted by Gasteiger charge is 2.49. The summed E-state index contributed by atoms with van der Waals surface area (Å²) in [6.45, 7) is 3.29. The van der Waals surface area contributed by atoms with Gasteiger partial charge in [0, 0.05) is 26.1 Å². The summed E-state index contributed by atoms with van der Waals surface area (Å²) in [7, 11) is 1.77. The fourth-order valence-electron chi connectivity index (χ4n) is 3.97. The fraction of sp³-hybridized carbons (Fsp3) is 0.667. The summed E-state index contributed by atoms with van der Waals surface area (Å²) >= 11 is 1.76. The zero-order valence-electron chi connectivity index (χ0n) is 11.5. The standard InChI is InChI=1S/C15H22N2OS/c1-16-14(18)13-3-2-5-15(13)6-7-17(11-15)9-12-4-8-19-10-12/h4,8,10,13H,2-3,5-7,9,11H2,1H3,(H,16,18)/t13-,15-/m1/s1. The predicted octanol–water partition coefficient (Wildman–Crippen LogP) is 2.49. The van der Waals surface area contributed by atoms with Gasteiger partial charge in [-0.25, -0.2) is 0 Å². The molecule has 3 rings (SSSR count). The number of amides is 1. The quantitative estimate of drug-likeness (QED) is 0.921. The highest BCUT2D eigenvalue weighted by molar-refractivity contribution is 7.07. The summed E-state index contributed by atoms with van der Waals surface area (Å²) in [5.41, 5.74) is 1.67. The zero-order valence-corrected chi connectivity index (χ0v) is 12.3. The lowest BCUT2D eigenvalue weighted by Gasteiger charge is -2.30. The molecule has 0 bridgehead atoms. The van der Waals surface area contributed by atoms with Crippen LogP contribution in [-0.4, -0.2) is 30.9 Å². The van der Waals surface area contributed by atoms with Crippen LogP contribution in [-0.2, 0) is 11.3 Å². The molecule has 2 aliphatic rings. The molecule has 0 unspecified atom stereocenters. The van der Waals surface area contributed by atoms with Crippen LogP contribution in [0.15, 0.2) is 16.8 Å². The Hall–Kier alpha value is -0.870. The van der Waals surface area contributed by atoms with Crippen molar-refractivity contribution >= 4 is 17.2 Å². The monoisotopic (exact) mass is 278 g/mol. The van der Waals surface area contributed by atoms with Crippen molar-refractivity contribution in [1.29, 1.82) is 0 Å². The second-order valence-electron chi connectivity index (χ2n) is 6.01. The average molecular weight is 278 g/mol. The molecule has 1 aromatic heterocycles. The van der Waals surface area contributed by atoms with Crippen LogP contribution < -0.4 is 5.32 Å². The highest BCUT2D eigenvalue weighted by atomic mass is 32.1. The third-order valence-corrected chi connectivity index (χ3v) is 5.65. The smallest absolute Gasteiger partial charge is 0.223 e. The van der Waals surface area contributed by atoms with Gasteiger partial charge in [-0.15, -0.1) is 0 Å². The molecule has 0 aromatic carbocycles. The molecule has 19 heavy (non-hydrogen) atoms. The lowest BCUT2D eigenvalue weighted by Crippen LogP contribution is -2.39. The van der Waals surface area contributed by atoms with Crippen LogP contribution >= 0.6 is 11.3 Å². The van der Waals surface area contributed by atoms with Gasteiger partial charge >= 0.3 is 0 Å². The van der Waals surface area contributed by atoms with E-state index in [0.29, 0.717) is 0 Å². The molecule has 1 aromatic rings. The maximum Gasteiger partial charge on any atom is 0.223 e. The molecule has 1 aliphatic carbocycles. The van der Waals surface area contributed by atoms with Crippen molar-refractivity contribution in [3.63, 3.8) is 0 Å². The minimum absolute atomic E-state index is 0.241. The molecule has 2 fully saturated rings. The van der Waals surface area contributed by atoms with Crippen LogP contribution in [0, 0.1) is 11.3 Å². The number of likely N-dealkylation sites (tertiary alicyclic amines) is 1. The summed E-state index contributed by atoms with van der Waals surface area (Å²) in [4.78, 5) is 14.6. The molecule has 3 nitrogen and oxygen atoms in total. The van der Waals surface area contributed by atoms with Gasteiger partial charge in [-0.3, -0.25) is 9.69 Å². The molecular formula is C15H22N2OS. The molecule has 1 saturated heterocycles. The topological polar surface area (TPSA) is 32.3 Å². The van der Waals surface area contributed by atoms with Gasteiger partial charge in [-0.2, -0.15) is 11.3 Å². The Kier molecular flexibility index (Phi) is 3.63. The van der Waals surface area contributed by atoms with Crippen LogP contribution in [0.25, 0.3) is 0 Å². The minimum atomic E-state index is 0.241. The lowest BCUT2D eigenvalue weighted by molar-refractivity contribution is -0.127. The number of hydrogen-bond donors (Lipinski definition) is 1. The number of thiophene rings is 1. The van der Waals surface area contributed by atoms with Gasteiger partial charge in [0.1, 0.15) is 0 Å².